The zero-order valence-corrected chi connectivity index (χ0v) is 19.1. The van der Waals surface area contributed by atoms with Crippen molar-refractivity contribution >= 4 is 27.0 Å². The summed E-state index contributed by atoms with van der Waals surface area (Å²) in [6.07, 6.45) is 3.37. The fourth-order valence-electron chi connectivity index (χ4n) is 4.83. The Labute approximate surface area is 160 Å². The smallest absolute Gasteiger partial charge is 0.417 e. The Morgan fingerprint density at radius 1 is 1.24 bits per heavy atom. The Morgan fingerprint density at radius 2 is 1.88 bits per heavy atom. The summed E-state index contributed by atoms with van der Waals surface area (Å²) in [5.74, 6) is 1.36. The molecule has 0 aromatic heterocycles. The standard InChI is InChI=1S/C19H36BClO3Si/c1-17(2,3)25(7,8)22-10-9-16(21)20-23-15-12-13-11-14(18(13,4)5)19(15,6)24-20/h13-16H,9-12H2,1-8H3/t13-,14-,15+,16+,19-/m0/s1. The van der Waals surface area contributed by atoms with Crippen LogP contribution in [-0.4, -0.2) is 39.0 Å². The van der Waals surface area contributed by atoms with Gasteiger partial charge in [0.25, 0.3) is 0 Å². The number of hydrogen-bond acceptors (Lipinski definition) is 3. The lowest BCUT2D eigenvalue weighted by atomic mass is 9.43. The summed E-state index contributed by atoms with van der Waals surface area (Å²) in [6, 6.07) is 0. The van der Waals surface area contributed by atoms with Gasteiger partial charge in [-0.2, -0.15) is 0 Å². The molecule has 0 radical (unpaired) electrons. The van der Waals surface area contributed by atoms with Crippen LogP contribution < -0.4 is 0 Å². The van der Waals surface area contributed by atoms with Crippen molar-refractivity contribution in [2.45, 2.75) is 95.9 Å². The van der Waals surface area contributed by atoms with Crippen molar-refractivity contribution in [3.05, 3.63) is 0 Å². The van der Waals surface area contributed by atoms with Gasteiger partial charge in [-0.1, -0.05) is 34.6 Å². The molecule has 3 nitrogen and oxygen atoms in total. The van der Waals surface area contributed by atoms with E-state index in [0.29, 0.717) is 17.9 Å². The summed E-state index contributed by atoms with van der Waals surface area (Å²) in [5, 5.41) is 0.0805. The lowest BCUT2D eigenvalue weighted by Crippen LogP contribution is -2.65. The molecule has 0 aromatic rings. The van der Waals surface area contributed by atoms with Gasteiger partial charge in [0.2, 0.25) is 0 Å². The molecule has 144 valence electrons. The van der Waals surface area contributed by atoms with Crippen molar-refractivity contribution in [1.29, 1.82) is 0 Å². The van der Waals surface area contributed by atoms with E-state index >= 15 is 0 Å². The molecular formula is C19H36BClO3Si. The van der Waals surface area contributed by atoms with Gasteiger partial charge in [0.15, 0.2) is 8.32 Å². The molecule has 3 aliphatic carbocycles. The highest BCUT2D eigenvalue weighted by Crippen LogP contribution is 2.65. The fraction of sp³-hybridized carbons (Fsp3) is 1.00. The van der Waals surface area contributed by atoms with Gasteiger partial charge in [0.05, 0.1) is 17.0 Å². The van der Waals surface area contributed by atoms with Crippen LogP contribution in [0.5, 0.6) is 0 Å². The molecule has 0 amide bonds. The quantitative estimate of drug-likeness (QED) is 0.475. The molecule has 0 aromatic carbocycles. The molecule has 0 spiro atoms. The average molecular weight is 387 g/mol. The lowest BCUT2D eigenvalue weighted by Gasteiger charge is -2.64. The maximum absolute atomic E-state index is 6.68. The van der Waals surface area contributed by atoms with Gasteiger partial charge in [0.1, 0.15) is 0 Å². The Balaban J connectivity index is 1.54. The van der Waals surface area contributed by atoms with Crippen LogP contribution in [0.25, 0.3) is 0 Å². The fourth-order valence-corrected chi connectivity index (χ4v) is 6.09. The van der Waals surface area contributed by atoms with Gasteiger partial charge in [0, 0.05) is 6.61 Å². The average Bonchev–Trinajstić information content (AvgIpc) is 2.82. The minimum Gasteiger partial charge on any atom is -0.417 e. The molecule has 0 unspecified atom stereocenters. The minimum atomic E-state index is -1.72. The highest BCUT2D eigenvalue weighted by molar-refractivity contribution is 6.74. The molecule has 0 N–H and O–H groups in total. The van der Waals surface area contributed by atoms with Gasteiger partial charge in [-0.05, 0) is 61.6 Å². The first-order valence-corrected chi connectivity index (χ1v) is 13.2. The van der Waals surface area contributed by atoms with Crippen molar-refractivity contribution in [2.24, 2.45) is 17.3 Å². The topological polar surface area (TPSA) is 27.7 Å². The van der Waals surface area contributed by atoms with E-state index in [-0.39, 0.29) is 29.1 Å². The first-order chi connectivity index (χ1) is 11.3. The summed E-state index contributed by atoms with van der Waals surface area (Å²) < 4.78 is 19.0. The second-order valence-corrected chi connectivity index (χ2v) is 16.1. The first-order valence-electron chi connectivity index (χ1n) is 9.90. The highest BCUT2D eigenvalue weighted by atomic mass is 35.5. The molecule has 1 aliphatic heterocycles. The van der Waals surface area contributed by atoms with Crippen LogP contribution in [0.15, 0.2) is 0 Å². The summed E-state index contributed by atoms with van der Waals surface area (Å²) in [6.45, 7) is 19.1. The van der Waals surface area contributed by atoms with Gasteiger partial charge in [-0.15, -0.1) is 11.6 Å². The Bertz CT molecular complexity index is 521. The van der Waals surface area contributed by atoms with E-state index in [2.05, 4.69) is 54.6 Å². The second-order valence-electron chi connectivity index (χ2n) is 10.8. The Morgan fingerprint density at radius 3 is 2.44 bits per heavy atom. The van der Waals surface area contributed by atoms with Gasteiger partial charge in [-0.3, -0.25) is 0 Å². The number of alkyl halides is 1. The van der Waals surface area contributed by atoms with Crippen molar-refractivity contribution in [3.63, 3.8) is 0 Å². The molecule has 4 fully saturated rings. The maximum atomic E-state index is 6.68. The van der Waals surface area contributed by atoms with E-state index in [9.17, 15) is 0 Å². The molecule has 4 aliphatic rings. The summed E-state index contributed by atoms with van der Waals surface area (Å²) in [4.78, 5) is 0. The third-order valence-electron chi connectivity index (χ3n) is 7.93. The van der Waals surface area contributed by atoms with E-state index in [1.54, 1.807) is 0 Å². The minimum absolute atomic E-state index is 0.146. The van der Waals surface area contributed by atoms with Gasteiger partial charge >= 0.3 is 7.12 Å². The molecule has 5 atom stereocenters. The highest BCUT2D eigenvalue weighted by Gasteiger charge is 2.68. The summed E-state index contributed by atoms with van der Waals surface area (Å²) >= 11 is 6.68. The van der Waals surface area contributed by atoms with Crippen LogP contribution in [0, 0.1) is 17.3 Å². The predicted molar refractivity (Wildman–Crippen MR) is 108 cm³/mol. The third kappa shape index (κ3) is 3.26. The van der Waals surface area contributed by atoms with Crippen LogP contribution >= 0.6 is 11.6 Å². The summed E-state index contributed by atoms with van der Waals surface area (Å²) in [7, 11) is -2.02. The third-order valence-corrected chi connectivity index (χ3v) is 12.9. The lowest BCUT2D eigenvalue weighted by molar-refractivity contribution is -0.199. The van der Waals surface area contributed by atoms with Crippen LogP contribution in [0.3, 0.4) is 0 Å². The largest absolute Gasteiger partial charge is 0.476 e. The van der Waals surface area contributed by atoms with Gasteiger partial charge in [-0.25, -0.2) is 0 Å². The van der Waals surface area contributed by atoms with E-state index in [0.717, 1.165) is 18.8 Å². The van der Waals surface area contributed by atoms with Crippen molar-refractivity contribution in [3.8, 4) is 0 Å². The molecule has 25 heavy (non-hydrogen) atoms. The van der Waals surface area contributed by atoms with Crippen LogP contribution in [-0.2, 0) is 13.7 Å². The van der Waals surface area contributed by atoms with Crippen LogP contribution in [0.4, 0.5) is 0 Å². The molecule has 2 bridgehead atoms. The van der Waals surface area contributed by atoms with E-state index in [4.69, 9.17) is 25.3 Å². The van der Waals surface area contributed by atoms with E-state index < -0.39 is 8.32 Å². The number of halogens is 1. The van der Waals surface area contributed by atoms with Crippen molar-refractivity contribution in [2.75, 3.05) is 6.61 Å². The SMILES string of the molecule is CC1(C)[C@@H]2C[C@H]3OB([C@H](Cl)CCO[Si](C)(C)C(C)(C)C)O[C@@]3(C)[C@H]1C2. The van der Waals surface area contributed by atoms with Crippen LogP contribution in [0.2, 0.25) is 18.1 Å². The molecule has 1 saturated heterocycles. The zero-order valence-electron chi connectivity index (χ0n) is 17.3. The molecule has 6 heteroatoms. The van der Waals surface area contributed by atoms with E-state index in [1.165, 1.54) is 6.42 Å². The van der Waals surface area contributed by atoms with Crippen molar-refractivity contribution in [1.82, 2.24) is 0 Å². The normalized spacial score (nSPS) is 38.3. The molecule has 1 heterocycles. The summed E-state index contributed by atoms with van der Waals surface area (Å²) in [5.41, 5.74) is 0.201. The van der Waals surface area contributed by atoms with Crippen molar-refractivity contribution < 1.29 is 13.7 Å². The maximum Gasteiger partial charge on any atom is 0.476 e. The monoisotopic (exact) mass is 386 g/mol. The molecule has 3 saturated carbocycles. The van der Waals surface area contributed by atoms with Gasteiger partial charge < -0.3 is 13.7 Å². The molecule has 4 rings (SSSR count). The predicted octanol–water partition coefficient (Wildman–Crippen LogP) is 5.27. The van der Waals surface area contributed by atoms with Crippen LogP contribution in [0.1, 0.15) is 60.8 Å². The number of rotatable bonds is 5. The Hall–Kier alpha value is 0.452. The van der Waals surface area contributed by atoms with E-state index in [1.807, 2.05) is 0 Å². The first kappa shape index (κ1) is 20.2. The zero-order chi connectivity index (χ0) is 18.8. The number of hydrogen-bond donors (Lipinski definition) is 0. The Kier molecular flexibility index (Phi) is 5.03. The second kappa shape index (κ2) is 6.23. The molecular weight excluding hydrogens is 351 g/mol.